The highest BCUT2D eigenvalue weighted by Gasteiger charge is 2.33. The lowest BCUT2D eigenvalue weighted by atomic mass is 9.91. The second kappa shape index (κ2) is 5.59. The number of halogens is 3. The van der Waals surface area contributed by atoms with Gasteiger partial charge in [-0.25, -0.2) is 0 Å². The van der Waals surface area contributed by atoms with E-state index in [2.05, 4.69) is 0 Å². The largest absolute Gasteiger partial charge is 0.416 e. The molecular weight excluding hydrogens is 331 g/mol. The van der Waals surface area contributed by atoms with Crippen molar-refractivity contribution in [3.8, 4) is 11.1 Å². The average Bonchev–Trinajstić information content (AvgIpc) is 2.91. The Bertz CT molecular complexity index is 874. The first-order valence-electron chi connectivity index (χ1n) is 8.16. The summed E-state index contributed by atoms with van der Waals surface area (Å²) in [5, 5.41) is 9.56. The topological polar surface area (TPSA) is 40.5 Å². The van der Waals surface area contributed by atoms with Crippen molar-refractivity contribution in [3.63, 3.8) is 0 Å². The van der Waals surface area contributed by atoms with Gasteiger partial charge in [-0.3, -0.25) is 4.79 Å². The summed E-state index contributed by atoms with van der Waals surface area (Å²) in [7, 11) is 0. The molecule has 0 radical (unpaired) electrons. The number of anilines is 1. The molecule has 0 aliphatic carbocycles. The van der Waals surface area contributed by atoms with Crippen LogP contribution in [0.5, 0.6) is 0 Å². The standard InChI is InChI=1S/C19H16F3NO2/c20-19(21,22)15-3-4-16(14(8-15)10-24)12-6-11-2-1-5-23-17(25)9-13(7-12)18(11)23/h3-4,6-8,24H,1-2,5,9-10H2. The lowest BCUT2D eigenvalue weighted by Gasteiger charge is -2.26. The molecule has 2 aliphatic heterocycles. The van der Waals surface area contributed by atoms with E-state index in [4.69, 9.17) is 0 Å². The molecular formula is C19H16F3NO2. The summed E-state index contributed by atoms with van der Waals surface area (Å²) in [5.41, 5.74) is 3.73. The third-order valence-electron chi connectivity index (χ3n) is 4.92. The summed E-state index contributed by atoms with van der Waals surface area (Å²) in [6.45, 7) is 0.247. The van der Waals surface area contributed by atoms with Crippen LogP contribution in [0.1, 0.15) is 28.7 Å². The Hall–Kier alpha value is -2.34. The first-order valence-corrected chi connectivity index (χ1v) is 8.16. The maximum Gasteiger partial charge on any atom is 0.416 e. The minimum atomic E-state index is -4.45. The third kappa shape index (κ3) is 2.61. The van der Waals surface area contributed by atoms with Crippen molar-refractivity contribution in [2.75, 3.05) is 11.4 Å². The number of hydrogen-bond donors (Lipinski definition) is 1. The Labute approximate surface area is 142 Å². The molecule has 0 bridgehead atoms. The van der Waals surface area contributed by atoms with Crippen LogP contribution in [0.3, 0.4) is 0 Å². The molecule has 0 saturated carbocycles. The fraction of sp³-hybridized carbons (Fsp3) is 0.316. The SMILES string of the molecule is O=C1Cc2cc(-c3ccc(C(F)(F)F)cc3CO)cc3c2N1CCC3. The van der Waals surface area contributed by atoms with Gasteiger partial charge in [0, 0.05) is 6.54 Å². The summed E-state index contributed by atoms with van der Waals surface area (Å²) in [6.07, 6.45) is -2.40. The number of aryl methyl sites for hydroxylation is 1. The number of rotatable bonds is 2. The second-order valence-electron chi connectivity index (χ2n) is 6.50. The highest BCUT2D eigenvalue weighted by Crippen LogP contribution is 2.41. The van der Waals surface area contributed by atoms with E-state index in [1.54, 1.807) is 4.90 Å². The molecule has 0 aromatic heterocycles. The van der Waals surface area contributed by atoms with Crippen LogP contribution in [0, 0.1) is 0 Å². The minimum absolute atomic E-state index is 0.0721. The lowest BCUT2D eigenvalue weighted by Crippen LogP contribution is -2.31. The van der Waals surface area contributed by atoms with Crippen molar-refractivity contribution >= 4 is 11.6 Å². The van der Waals surface area contributed by atoms with E-state index in [-0.39, 0.29) is 11.5 Å². The van der Waals surface area contributed by atoms with Gasteiger partial charge in [-0.15, -0.1) is 0 Å². The maximum atomic E-state index is 12.9. The fourth-order valence-electron chi connectivity index (χ4n) is 3.82. The summed E-state index contributed by atoms with van der Waals surface area (Å²) < 4.78 is 38.7. The van der Waals surface area contributed by atoms with Crippen LogP contribution in [-0.4, -0.2) is 17.6 Å². The molecule has 1 amide bonds. The van der Waals surface area contributed by atoms with Crippen LogP contribution >= 0.6 is 0 Å². The van der Waals surface area contributed by atoms with Crippen LogP contribution in [0.4, 0.5) is 18.9 Å². The molecule has 6 heteroatoms. The van der Waals surface area contributed by atoms with Gasteiger partial charge < -0.3 is 10.0 Å². The predicted octanol–water partition coefficient (Wildman–Crippen LogP) is 3.70. The predicted molar refractivity (Wildman–Crippen MR) is 87.2 cm³/mol. The van der Waals surface area contributed by atoms with Gasteiger partial charge in [0.1, 0.15) is 0 Å². The molecule has 2 aromatic rings. The van der Waals surface area contributed by atoms with Crippen LogP contribution in [0.2, 0.25) is 0 Å². The van der Waals surface area contributed by atoms with Crippen molar-refractivity contribution in [2.24, 2.45) is 0 Å². The number of amides is 1. The highest BCUT2D eigenvalue weighted by molar-refractivity contribution is 6.03. The van der Waals surface area contributed by atoms with E-state index in [0.717, 1.165) is 53.9 Å². The maximum absolute atomic E-state index is 12.9. The number of aliphatic hydroxyl groups excluding tert-OH is 1. The molecule has 1 N–H and O–H groups in total. The Kier molecular flexibility index (Phi) is 3.61. The second-order valence-corrected chi connectivity index (χ2v) is 6.50. The monoisotopic (exact) mass is 347 g/mol. The first kappa shape index (κ1) is 16.1. The molecule has 2 aliphatic rings. The van der Waals surface area contributed by atoms with Gasteiger partial charge in [-0.05, 0) is 64.9 Å². The zero-order chi connectivity index (χ0) is 17.8. The Balaban J connectivity index is 1.84. The van der Waals surface area contributed by atoms with Crippen LogP contribution in [-0.2, 0) is 30.4 Å². The van der Waals surface area contributed by atoms with Crippen molar-refractivity contribution in [2.45, 2.75) is 32.0 Å². The number of aliphatic hydroxyl groups is 1. The molecule has 0 saturated heterocycles. The van der Waals surface area contributed by atoms with E-state index in [1.807, 2.05) is 12.1 Å². The number of hydrogen-bond acceptors (Lipinski definition) is 2. The lowest BCUT2D eigenvalue weighted by molar-refractivity contribution is -0.137. The Morgan fingerprint density at radius 3 is 2.60 bits per heavy atom. The normalized spacial score (nSPS) is 16.3. The van der Waals surface area contributed by atoms with Gasteiger partial charge >= 0.3 is 6.18 Å². The Morgan fingerprint density at radius 1 is 1.12 bits per heavy atom. The van der Waals surface area contributed by atoms with E-state index in [0.29, 0.717) is 12.0 Å². The minimum Gasteiger partial charge on any atom is -0.392 e. The third-order valence-corrected chi connectivity index (χ3v) is 4.92. The summed E-state index contributed by atoms with van der Waals surface area (Å²) in [5.74, 6) is 0.0721. The van der Waals surface area contributed by atoms with Gasteiger partial charge in [-0.1, -0.05) is 6.07 Å². The van der Waals surface area contributed by atoms with E-state index in [9.17, 15) is 23.1 Å². The van der Waals surface area contributed by atoms with Crippen molar-refractivity contribution in [1.29, 1.82) is 0 Å². The molecule has 0 unspecified atom stereocenters. The smallest absolute Gasteiger partial charge is 0.392 e. The molecule has 0 spiro atoms. The zero-order valence-electron chi connectivity index (χ0n) is 13.4. The summed E-state index contributed by atoms with van der Waals surface area (Å²) >= 11 is 0. The molecule has 130 valence electrons. The number of alkyl halides is 3. The fourth-order valence-corrected chi connectivity index (χ4v) is 3.82. The highest BCUT2D eigenvalue weighted by atomic mass is 19.4. The van der Waals surface area contributed by atoms with Crippen molar-refractivity contribution in [1.82, 2.24) is 0 Å². The van der Waals surface area contributed by atoms with Gasteiger partial charge in [0.05, 0.1) is 24.3 Å². The average molecular weight is 347 g/mol. The van der Waals surface area contributed by atoms with Crippen molar-refractivity contribution in [3.05, 3.63) is 52.6 Å². The Morgan fingerprint density at radius 2 is 1.88 bits per heavy atom. The number of carbonyl (C=O) groups excluding carboxylic acids is 1. The molecule has 3 nitrogen and oxygen atoms in total. The first-order chi connectivity index (χ1) is 11.9. The molecule has 2 aromatic carbocycles. The van der Waals surface area contributed by atoms with E-state index in [1.165, 1.54) is 6.07 Å². The number of nitrogens with zero attached hydrogens (tertiary/aromatic N) is 1. The summed E-state index contributed by atoms with van der Waals surface area (Å²) in [6, 6.07) is 7.23. The van der Waals surface area contributed by atoms with Gasteiger partial charge in [-0.2, -0.15) is 13.2 Å². The number of benzene rings is 2. The van der Waals surface area contributed by atoms with Crippen molar-refractivity contribution < 1.29 is 23.1 Å². The van der Waals surface area contributed by atoms with E-state index >= 15 is 0 Å². The summed E-state index contributed by atoms with van der Waals surface area (Å²) in [4.78, 5) is 13.9. The number of carbonyl (C=O) groups is 1. The van der Waals surface area contributed by atoms with E-state index < -0.39 is 18.3 Å². The molecule has 0 fully saturated rings. The van der Waals surface area contributed by atoms with Gasteiger partial charge in [0.2, 0.25) is 5.91 Å². The molecule has 4 rings (SSSR count). The zero-order valence-corrected chi connectivity index (χ0v) is 13.4. The quantitative estimate of drug-likeness (QED) is 0.900. The van der Waals surface area contributed by atoms with Crippen LogP contribution in [0.25, 0.3) is 11.1 Å². The molecule has 2 heterocycles. The van der Waals surface area contributed by atoms with Gasteiger partial charge in [0.15, 0.2) is 0 Å². The van der Waals surface area contributed by atoms with Crippen LogP contribution < -0.4 is 4.90 Å². The molecule has 0 atom stereocenters. The van der Waals surface area contributed by atoms with Gasteiger partial charge in [0.25, 0.3) is 0 Å². The van der Waals surface area contributed by atoms with Crippen LogP contribution in [0.15, 0.2) is 30.3 Å². The molecule has 25 heavy (non-hydrogen) atoms.